The summed E-state index contributed by atoms with van der Waals surface area (Å²) in [5.41, 5.74) is 2.40. The molecule has 0 saturated heterocycles. The zero-order valence-electron chi connectivity index (χ0n) is 34.4. The van der Waals surface area contributed by atoms with Crippen LogP contribution in [0.25, 0.3) is 0 Å². The molecule has 0 aromatic heterocycles. The molecule has 3 aromatic carbocycles. The Morgan fingerprint density at radius 3 is 1.53 bits per heavy atom. The Hall–Kier alpha value is -5.76. The summed E-state index contributed by atoms with van der Waals surface area (Å²) in [5, 5.41) is 25.4. The molecule has 7 atom stereocenters. The van der Waals surface area contributed by atoms with Crippen LogP contribution < -0.4 is 26.6 Å². The first-order valence-electron chi connectivity index (χ1n) is 19.6. The van der Waals surface area contributed by atoms with E-state index in [-0.39, 0.29) is 37.7 Å². The van der Waals surface area contributed by atoms with Crippen molar-refractivity contribution in [2.24, 2.45) is 17.8 Å². The highest BCUT2D eigenvalue weighted by atomic mass is 16.5. The van der Waals surface area contributed by atoms with E-state index in [2.05, 4.69) is 26.6 Å². The third-order valence-electron chi connectivity index (χ3n) is 9.67. The third kappa shape index (κ3) is 15.3. The van der Waals surface area contributed by atoms with Gasteiger partial charge in [-0.05, 0) is 61.6 Å². The van der Waals surface area contributed by atoms with Gasteiger partial charge in [-0.15, -0.1) is 0 Å². The predicted octanol–water partition coefficient (Wildman–Crippen LogP) is 3.60. The lowest BCUT2D eigenvalue weighted by molar-refractivity contribution is -0.147. The Morgan fingerprint density at radius 1 is 0.552 bits per heavy atom. The molecule has 0 unspecified atom stereocenters. The van der Waals surface area contributed by atoms with Crippen LogP contribution in [0.15, 0.2) is 91.0 Å². The van der Waals surface area contributed by atoms with E-state index in [4.69, 9.17) is 9.47 Å². The van der Waals surface area contributed by atoms with Gasteiger partial charge in [0.2, 0.25) is 23.6 Å². The second-order valence-corrected chi connectivity index (χ2v) is 15.1. The number of ether oxygens (including phenoxy) is 2. The minimum atomic E-state index is -1.26. The number of hydrogen-bond acceptors (Lipinski definition) is 9. The molecule has 3 rings (SSSR count). The van der Waals surface area contributed by atoms with Gasteiger partial charge in [-0.25, -0.2) is 9.59 Å². The van der Waals surface area contributed by atoms with E-state index >= 15 is 0 Å². The van der Waals surface area contributed by atoms with Gasteiger partial charge in [0.1, 0.15) is 30.8 Å². The van der Waals surface area contributed by atoms with Gasteiger partial charge in [-0.3, -0.25) is 19.2 Å². The van der Waals surface area contributed by atoms with Gasteiger partial charge in [0.05, 0.1) is 19.3 Å². The SMILES string of the molecule is COC(=O)[C@@H](NC(=O)[C@@H](NC(=O)[C@H](Cc1ccccc1)C[C@H](O)[C@H](Cc1ccccc1)NC(=O)[C@H](C)NC(=O)[C@H](C)NC(=O)OCc1ccccc1)C(C)C)C(C)C. The van der Waals surface area contributed by atoms with Gasteiger partial charge < -0.3 is 41.2 Å². The van der Waals surface area contributed by atoms with Crippen molar-refractivity contribution in [1.29, 1.82) is 0 Å². The van der Waals surface area contributed by atoms with E-state index in [1.165, 1.54) is 21.0 Å². The fourth-order valence-corrected chi connectivity index (χ4v) is 6.18. The first kappa shape index (κ1) is 46.6. The van der Waals surface area contributed by atoms with E-state index in [1.807, 2.05) is 78.9 Å². The number of rotatable bonds is 21. The number of aliphatic hydroxyl groups is 1. The number of carbonyl (C=O) groups excluding carboxylic acids is 6. The molecule has 0 fully saturated rings. The molecule has 0 saturated carbocycles. The average Bonchev–Trinajstić information content (AvgIpc) is 3.20. The van der Waals surface area contributed by atoms with Gasteiger partial charge in [0, 0.05) is 5.92 Å². The van der Waals surface area contributed by atoms with E-state index in [9.17, 15) is 33.9 Å². The van der Waals surface area contributed by atoms with Crippen LogP contribution in [-0.2, 0) is 52.9 Å². The summed E-state index contributed by atoms with van der Waals surface area (Å²) < 4.78 is 10.1. The molecule has 0 aliphatic heterocycles. The molecule has 14 nitrogen and oxygen atoms in total. The lowest BCUT2D eigenvalue weighted by Crippen LogP contribution is -2.57. The highest BCUT2D eigenvalue weighted by molar-refractivity contribution is 5.92. The smallest absolute Gasteiger partial charge is 0.408 e. The first-order valence-corrected chi connectivity index (χ1v) is 19.6. The summed E-state index contributed by atoms with van der Waals surface area (Å²) in [7, 11) is 1.24. The van der Waals surface area contributed by atoms with Crippen molar-refractivity contribution >= 4 is 35.7 Å². The number of hydrogen-bond donors (Lipinski definition) is 6. The molecule has 58 heavy (non-hydrogen) atoms. The van der Waals surface area contributed by atoms with Crippen molar-refractivity contribution in [3.8, 4) is 0 Å². The van der Waals surface area contributed by atoms with Crippen LogP contribution in [0.2, 0.25) is 0 Å². The van der Waals surface area contributed by atoms with Gasteiger partial charge in [-0.1, -0.05) is 119 Å². The molecular weight excluding hydrogens is 743 g/mol. The lowest BCUT2D eigenvalue weighted by Gasteiger charge is -2.30. The highest BCUT2D eigenvalue weighted by Gasteiger charge is 2.35. The lowest BCUT2D eigenvalue weighted by atomic mass is 9.88. The van der Waals surface area contributed by atoms with Gasteiger partial charge in [0.15, 0.2) is 0 Å². The zero-order valence-corrected chi connectivity index (χ0v) is 34.4. The predicted molar refractivity (Wildman–Crippen MR) is 219 cm³/mol. The van der Waals surface area contributed by atoms with Crippen LogP contribution >= 0.6 is 0 Å². The van der Waals surface area contributed by atoms with E-state index in [0.29, 0.717) is 0 Å². The van der Waals surface area contributed by atoms with Crippen molar-refractivity contribution in [3.63, 3.8) is 0 Å². The number of nitrogens with one attached hydrogen (secondary N) is 5. The zero-order chi connectivity index (χ0) is 42.8. The Balaban J connectivity index is 1.77. The van der Waals surface area contributed by atoms with Crippen LogP contribution in [0.1, 0.15) is 64.7 Å². The van der Waals surface area contributed by atoms with Gasteiger partial charge in [-0.2, -0.15) is 0 Å². The number of esters is 1. The largest absolute Gasteiger partial charge is 0.467 e. The summed E-state index contributed by atoms with van der Waals surface area (Å²) in [5.74, 6) is -4.37. The molecule has 0 bridgehead atoms. The molecule has 0 heterocycles. The van der Waals surface area contributed by atoms with E-state index in [0.717, 1.165) is 16.7 Å². The topological polar surface area (TPSA) is 201 Å². The molecule has 6 N–H and O–H groups in total. The highest BCUT2D eigenvalue weighted by Crippen LogP contribution is 2.20. The molecule has 0 radical (unpaired) electrons. The maximum atomic E-state index is 14.1. The molecule has 314 valence electrons. The number of amides is 5. The monoisotopic (exact) mass is 801 g/mol. The molecule has 0 spiro atoms. The van der Waals surface area contributed by atoms with Crippen molar-refractivity contribution in [3.05, 3.63) is 108 Å². The maximum absolute atomic E-state index is 14.1. The second-order valence-electron chi connectivity index (χ2n) is 15.1. The summed E-state index contributed by atoms with van der Waals surface area (Å²) in [4.78, 5) is 79.0. The Kier molecular flexibility index (Phi) is 18.9. The van der Waals surface area contributed by atoms with Crippen LogP contribution in [-0.4, -0.2) is 84.2 Å². The number of carbonyl (C=O) groups is 6. The van der Waals surface area contributed by atoms with E-state index < -0.39 is 77.9 Å². The van der Waals surface area contributed by atoms with Crippen molar-refractivity contribution < 1.29 is 43.3 Å². The quantitative estimate of drug-likeness (QED) is 0.0872. The minimum Gasteiger partial charge on any atom is -0.467 e. The molecular formula is C44H59N5O9. The summed E-state index contributed by atoms with van der Waals surface area (Å²) >= 11 is 0. The maximum Gasteiger partial charge on any atom is 0.408 e. The van der Waals surface area contributed by atoms with Crippen LogP contribution in [0.5, 0.6) is 0 Å². The van der Waals surface area contributed by atoms with Crippen LogP contribution in [0.4, 0.5) is 4.79 Å². The van der Waals surface area contributed by atoms with Crippen LogP contribution in [0.3, 0.4) is 0 Å². The number of methoxy groups -OCH3 is 1. The van der Waals surface area contributed by atoms with Crippen molar-refractivity contribution in [2.45, 2.75) is 104 Å². The number of aliphatic hydroxyl groups excluding tert-OH is 1. The third-order valence-corrected chi connectivity index (χ3v) is 9.67. The molecule has 0 aliphatic carbocycles. The number of alkyl carbamates (subject to hydrolysis) is 1. The second kappa shape index (κ2) is 23.5. The van der Waals surface area contributed by atoms with Crippen molar-refractivity contribution in [2.75, 3.05) is 7.11 Å². The number of benzene rings is 3. The molecule has 0 aliphatic rings. The van der Waals surface area contributed by atoms with E-state index in [1.54, 1.807) is 39.8 Å². The fourth-order valence-electron chi connectivity index (χ4n) is 6.18. The Morgan fingerprint density at radius 2 is 1.02 bits per heavy atom. The first-order chi connectivity index (χ1) is 27.6. The molecule has 3 aromatic rings. The van der Waals surface area contributed by atoms with Gasteiger partial charge >= 0.3 is 12.1 Å². The average molecular weight is 802 g/mol. The Labute approximate surface area is 341 Å². The summed E-state index contributed by atoms with van der Waals surface area (Å²) in [6, 6.07) is 22.5. The van der Waals surface area contributed by atoms with Gasteiger partial charge in [0.25, 0.3) is 0 Å². The van der Waals surface area contributed by atoms with Crippen molar-refractivity contribution in [1.82, 2.24) is 26.6 Å². The van der Waals surface area contributed by atoms with Crippen LogP contribution in [0, 0.1) is 17.8 Å². The summed E-state index contributed by atoms with van der Waals surface area (Å²) in [6.45, 7) is 10.0. The minimum absolute atomic E-state index is 0.0161. The summed E-state index contributed by atoms with van der Waals surface area (Å²) in [6.07, 6.45) is -1.76. The Bertz CT molecular complexity index is 1780. The molecule has 14 heteroatoms. The normalized spacial score (nSPS) is 14.7. The fraction of sp³-hybridized carbons (Fsp3) is 0.455. The standard InChI is InChI=1S/C44H59N5O9/c1-27(2)37(42(54)49-38(28(3)4)43(55)57-7)48-41(53)34(23-31-17-11-8-12-18-31)25-36(50)35(24-32-19-13-9-14-20-32)47-40(52)29(5)45-39(51)30(6)46-44(56)58-26-33-21-15-10-16-22-33/h8-22,27-30,34-38,50H,23-26H2,1-7H3,(H,45,51)(H,46,56)(H,47,52)(H,48,53)(H,49,54)/t29-,30-,34+,35-,36-,37-,38-/m0/s1. The molecule has 5 amide bonds.